The topological polar surface area (TPSA) is 60.0 Å². The first-order valence-electron chi connectivity index (χ1n) is 9.32. The molecule has 1 amide bonds. The Morgan fingerprint density at radius 2 is 1.57 bits per heavy atom. The average Bonchev–Trinajstić information content (AvgIpc) is 2.71. The normalized spacial score (nSPS) is 10.8. The van der Waals surface area contributed by atoms with Crippen molar-refractivity contribution in [1.82, 2.24) is 10.2 Å². The van der Waals surface area contributed by atoms with Crippen LogP contribution in [0.1, 0.15) is 25.0 Å². The van der Waals surface area contributed by atoms with Gasteiger partial charge in [0, 0.05) is 30.8 Å². The molecule has 2 aromatic carbocycles. The van der Waals surface area contributed by atoms with Crippen LogP contribution in [0.5, 0.6) is 17.2 Å². The van der Waals surface area contributed by atoms with E-state index in [9.17, 15) is 4.79 Å². The quantitative estimate of drug-likeness (QED) is 0.679. The van der Waals surface area contributed by atoms with Crippen LogP contribution < -0.4 is 19.5 Å². The van der Waals surface area contributed by atoms with Gasteiger partial charge in [0.25, 0.3) is 0 Å². The lowest BCUT2D eigenvalue weighted by atomic mass is 10.1. The number of hydrogen-bond donors (Lipinski definition) is 1. The monoisotopic (exact) mass is 386 g/mol. The third-order valence-corrected chi connectivity index (χ3v) is 4.57. The number of hydrogen-bond acceptors (Lipinski definition) is 5. The Morgan fingerprint density at radius 1 is 0.964 bits per heavy atom. The summed E-state index contributed by atoms with van der Waals surface area (Å²) in [6.45, 7) is 5.58. The van der Waals surface area contributed by atoms with Crippen LogP contribution in [-0.4, -0.2) is 44.7 Å². The molecule has 0 spiro atoms. The number of ether oxygens (including phenoxy) is 3. The van der Waals surface area contributed by atoms with Gasteiger partial charge in [0.05, 0.1) is 27.9 Å². The maximum atomic E-state index is 12.5. The van der Waals surface area contributed by atoms with Crippen LogP contribution in [0.4, 0.5) is 0 Å². The van der Waals surface area contributed by atoms with Crippen LogP contribution in [-0.2, 0) is 17.9 Å². The summed E-state index contributed by atoms with van der Waals surface area (Å²) in [6, 6.07) is 14.0. The highest BCUT2D eigenvalue weighted by Crippen LogP contribution is 2.34. The Hall–Kier alpha value is -2.73. The SMILES string of the molecule is COc1cc(OC)c(OC)cc1CNC(=O)CN(Cc1ccccc1)C(C)C. The third-order valence-electron chi connectivity index (χ3n) is 4.57. The van der Waals surface area contributed by atoms with Crippen molar-refractivity contribution >= 4 is 5.91 Å². The highest BCUT2D eigenvalue weighted by molar-refractivity contribution is 5.78. The molecule has 0 saturated heterocycles. The van der Waals surface area contributed by atoms with Crippen LogP contribution in [0.15, 0.2) is 42.5 Å². The van der Waals surface area contributed by atoms with E-state index in [1.165, 1.54) is 5.56 Å². The molecule has 0 aliphatic heterocycles. The Labute approximate surface area is 167 Å². The lowest BCUT2D eigenvalue weighted by Gasteiger charge is -2.26. The lowest BCUT2D eigenvalue weighted by molar-refractivity contribution is -0.123. The number of methoxy groups -OCH3 is 3. The minimum absolute atomic E-state index is 0.0403. The molecular weight excluding hydrogens is 356 g/mol. The standard InChI is InChI=1S/C22H30N2O4/c1-16(2)24(14-17-9-7-6-8-10-17)15-22(25)23-13-18-11-20(27-4)21(28-5)12-19(18)26-3/h6-12,16H,13-15H2,1-5H3,(H,23,25). The number of carbonyl (C=O) groups excluding carboxylic acids is 1. The maximum Gasteiger partial charge on any atom is 0.234 e. The number of nitrogens with one attached hydrogen (secondary N) is 1. The van der Waals surface area contributed by atoms with E-state index < -0.39 is 0 Å². The van der Waals surface area contributed by atoms with E-state index in [0.29, 0.717) is 30.3 Å². The van der Waals surface area contributed by atoms with E-state index in [0.717, 1.165) is 12.1 Å². The van der Waals surface area contributed by atoms with Crippen LogP contribution in [0.25, 0.3) is 0 Å². The summed E-state index contributed by atoms with van der Waals surface area (Å²) >= 11 is 0. The fourth-order valence-corrected chi connectivity index (χ4v) is 2.90. The van der Waals surface area contributed by atoms with E-state index in [-0.39, 0.29) is 11.9 Å². The molecule has 0 saturated carbocycles. The first kappa shape index (κ1) is 21.6. The summed E-state index contributed by atoms with van der Waals surface area (Å²) in [7, 11) is 4.75. The first-order valence-corrected chi connectivity index (χ1v) is 9.32. The van der Waals surface area contributed by atoms with Crippen LogP contribution in [0.3, 0.4) is 0 Å². The summed E-state index contributed by atoms with van der Waals surface area (Å²) in [4.78, 5) is 14.7. The van der Waals surface area contributed by atoms with Gasteiger partial charge in [-0.1, -0.05) is 30.3 Å². The molecule has 0 radical (unpaired) electrons. The van der Waals surface area contributed by atoms with Crippen molar-refractivity contribution in [3.05, 3.63) is 53.6 Å². The highest BCUT2D eigenvalue weighted by Gasteiger charge is 2.16. The number of nitrogens with zero attached hydrogens (tertiary/aromatic N) is 1. The number of benzene rings is 2. The van der Waals surface area contributed by atoms with Gasteiger partial charge < -0.3 is 19.5 Å². The first-order chi connectivity index (χ1) is 13.5. The molecule has 0 aliphatic rings. The van der Waals surface area contributed by atoms with Gasteiger partial charge in [-0.05, 0) is 25.5 Å². The van der Waals surface area contributed by atoms with Gasteiger partial charge in [0.2, 0.25) is 5.91 Å². The number of amides is 1. The van der Waals surface area contributed by atoms with Crippen LogP contribution in [0, 0.1) is 0 Å². The van der Waals surface area contributed by atoms with Gasteiger partial charge in [-0.15, -0.1) is 0 Å². The Bertz CT molecular complexity index is 763. The molecule has 0 atom stereocenters. The van der Waals surface area contributed by atoms with Crippen molar-refractivity contribution in [1.29, 1.82) is 0 Å². The zero-order valence-electron chi connectivity index (χ0n) is 17.3. The van der Waals surface area contributed by atoms with E-state index in [4.69, 9.17) is 14.2 Å². The maximum absolute atomic E-state index is 12.5. The lowest BCUT2D eigenvalue weighted by Crippen LogP contribution is -2.40. The van der Waals surface area contributed by atoms with Gasteiger partial charge in [-0.25, -0.2) is 0 Å². The van der Waals surface area contributed by atoms with Gasteiger partial charge in [-0.3, -0.25) is 9.69 Å². The van der Waals surface area contributed by atoms with Crippen LogP contribution in [0.2, 0.25) is 0 Å². The Balaban J connectivity index is 2.02. The summed E-state index contributed by atoms with van der Waals surface area (Å²) in [5.74, 6) is 1.79. The second kappa shape index (κ2) is 10.6. The summed E-state index contributed by atoms with van der Waals surface area (Å²) < 4.78 is 16.1. The van der Waals surface area contributed by atoms with E-state index in [2.05, 4.69) is 36.2 Å². The molecule has 1 N–H and O–H groups in total. The van der Waals surface area contributed by atoms with Gasteiger partial charge in [-0.2, -0.15) is 0 Å². The summed E-state index contributed by atoms with van der Waals surface area (Å²) in [5.41, 5.74) is 2.01. The van der Waals surface area contributed by atoms with Crippen molar-refractivity contribution in [2.24, 2.45) is 0 Å². The van der Waals surface area contributed by atoms with Crippen molar-refractivity contribution in [3.8, 4) is 17.2 Å². The largest absolute Gasteiger partial charge is 0.496 e. The predicted molar refractivity (Wildman–Crippen MR) is 110 cm³/mol. The van der Waals surface area contributed by atoms with Crippen molar-refractivity contribution < 1.29 is 19.0 Å². The highest BCUT2D eigenvalue weighted by atomic mass is 16.5. The summed E-state index contributed by atoms with van der Waals surface area (Å²) in [5, 5.41) is 2.98. The van der Waals surface area contributed by atoms with Crippen LogP contribution >= 0.6 is 0 Å². The average molecular weight is 386 g/mol. The molecule has 2 rings (SSSR count). The van der Waals surface area contributed by atoms with E-state index >= 15 is 0 Å². The van der Waals surface area contributed by atoms with Gasteiger partial charge in [0.15, 0.2) is 11.5 Å². The van der Waals surface area contributed by atoms with Crippen molar-refractivity contribution in [2.45, 2.75) is 33.0 Å². The number of carbonyl (C=O) groups is 1. The molecule has 28 heavy (non-hydrogen) atoms. The molecule has 0 aromatic heterocycles. The van der Waals surface area contributed by atoms with E-state index in [1.807, 2.05) is 24.3 Å². The van der Waals surface area contributed by atoms with Crippen molar-refractivity contribution in [2.75, 3.05) is 27.9 Å². The van der Waals surface area contributed by atoms with E-state index in [1.54, 1.807) is 27.4 Å². The second-order valence-corrected chi connectivity index (χ2v) is 6.78. The number of rotatable bonds is 10. The molecule has 6 nitrogen and oxygen atoms in total. The molecule has 0 heterocycles. The molecule has 0 bridgehead atoms. The summed E-state index contributed by atoms with van der Waals surface area (Å²) in [6.07, 6.45) is 0. The fraction of sp³-hybridized carbons (Fsp3) is 0.409. The minimum atomic E-state index is -0.0403. The Kier molecular flexibility index (Phi) is 8.14. The van der Waals surface area contributed by atoms with Crippen molar-refractivity contribution in [3.63, 3.8) is 0 Å². The molecule has 0 aliphatic carbocycles. The second-order valence-electron chi connectivity index (χ2n) is 6.78. The third kappa shape index (κ3) is 5.89. The molecule has 2 aromatic rings. The smallest absolute Gasteiger partial charge is 0.234 e. The molecular formula is C22H30N2O4. The predicted octanol–water partition coefficient (Wildman–Crippen LogP) is 3.24. The molecule has 0 fully saturated rings. The Morgan fingerprint density at radius 3 is 2.14 bits per heavy atom. The zero-order valence-corrected chi connectivity index (χ0v) is 17.3. The molecule has 152 valence electrons. The minimum Gasteiger partial charge on any atom is -0.496 e. The molecule has 6 heteroatoms. The fourth-order valence-electron chi connectivity index (χ4n) is 2.90. The molecule has 0 unspecified atom stereocenters. The zero-order chi connectivity index (χ0) is 20.5. The van der Waals surface area contributed by atoms with Gasteiger partial charge in [0.1, 0.15) is 5.75 Å². The van der Waals surface area contributed by atoms with Gasteiger partial charge >= 0.3 is 0 Å².